The van der Waals surface area contributed by atoms with Gasteiger partial charge in [0.05, 0.1) is 4.92 Å². The lowest BCUT2D eigenvalue weighted by Crippen LogP contribution is -1.90. The summed E-state index contributed by atoms with van der Waals surface area (Å²) in [5.74, 6) is 0.575. The molecule has 21 heavy (non-hydrogen) atoms. The third-order valence-corrected chi connectivity index (χ3v) is 3.39. The maximum Gasteiger partial charge on any atom is 0.272 e. The van der Waals surface area contributed by atoms with E-state index < -0.39 is 4.92 Å². The molecule has 0 aliphatic carbocycles. The van der Waals surface area contributed by atoms with Crippen LogP contribution >= 0.6 is 0 Å². The highest BCUT2D eigenvalue weighted by molar-refractivity contribution is 5.79. The van der Waals surface area contributed by atoms with Crippen LogP contribution in [0.5, 0.6) is 0 Å². The molecule has 106 valence electrons. The summed E-state index contributed by atoms with van der Waals surface area (Å²) >= 11 is 0. The molecule has 1 heterocycles. The van der Waals surface area contributed by atoms with Gasteiger partial charge in [-0.1, -0.05) is 37.3 Å². The summed E-state index contributed by atoms with van der Waals surface area (Å²) in [6.45, 7) is 1.94. The summed E-state index contributed by atoms with van der Waals surface area (Å²) in [5.41, 5.74) is 3.16. The molecule has 0 atom stereocenters. The Labute approximate surface area is 121 Å². The van der Waals surface area contributed by atoms with Crippen LogP contribution in [0.25, 0.3) is 11.1 Å². The summed E-state index contributed by atoms with van der Waals surface area (Å²) in [7, 11) is 0. The van der Waals surface area contributed by atoms with E-state index in [0.717, 1.165) is 11.1 Å². The molecule has 0 aliphatic rings. The molecule has 5 heteroatoms. The van der Waals surface area contributed by atoms with Crippen molar-refractivity contribution in [2.75, 3.05) is 0 Å². The van der Waals surface area contributed by atoms with Gasteiger partial charge in [0.25, 0.3) is 5.69 Å². The largest absolute Gasteiger partial charge is 0.440 e. The number of nitro groups is 1. The van der Waals surface area contributed by atoms with Gasteiger partial charge in [-0.05, 0) is 12.0 Å². The average molecular weight is 282 g/mol. The van der Waals surface area contributed by atoms with Crippen LogP contribution in [0, 0.1) is 10.1 Å². The molecular formula is C16H14N2O3. The van der Waals surface area contributed by atoms with Crippen LogP contribution in [-0.4, -0.2) is 9.91 Å². The first-order chi connectivity index (χ1) is 10.2. The van der Waals surface area contributed by atoms with Crippen LogP contribution in [0.2, 0.25) is 0 Å². The Morgan fingerprint density at radius 2 is 2.00 bits per heavy atom. The van der Waals surface area contributed by atoms with Crippen LogP contribution in [0.3, 0.4) is 0 Å². The van der Waals surface area contributed by atoms with E-state index in [1.165, 1.54) is 6.07 Å². The first-order valence-corrected chi connectivity index (χ1v) is 6.78. The maximum absolute atomic E-state index is 11.0. The van der Waals surface area contributed by atoms with Gasteiger partial charge in [0.2, 0.25) is 0 Å². The monoisotopic (exact) mass is 282 g/mol. The summed E-state index contributed by atoms with van der Waals surface area (Å²) in [6.07, 6.45) is 1.24. The molecule has 0 aliphatic heterocycles. The molecule has 5 nitrogen and oxygen atoms in total. The zero-order chi connectivity index (χ0) is 14.8. The van der Waals surface area contributed by atoms with E-state index in [1.807, 2.05) is 37.3 Å². The van der Waals surface area contributed by atoms with Crippen LogP contribution < -0.4 is 0 Å². The molecule has 0 radical (unpaired) electrons. The van der Waals surface area contributed by atoms with Crippen LogP contribution in [0.1, 0.15) is 23.9 Å². The Bertz CT molecular complexity index is 794. The molecule has 3 aromatic rings. The van der Waals surface area contributed by atoms with E-state index in [0.29, 0.717) is 29.8 Å². The number of nitro benzene ring substituents is 1. The molecular weight excluding hydrogens is 268 g/mol. The quantitative estimate of drug-likeness (QED) is 0.537. The van der Waals surface area contributed by atoms with Crippen molar-refractivity contribution in [3.63, 3.8) is 0 Å². The van der Waals surface area contributed by atoms with Crippen molar-refractivity contribution in [3.8, 4) is 0 Å². The van der Waals surface area contributed by atoms with E-state index in [9.17, 15) is 10.1 Å². The molecule has 0 unspecified atom stereocenters. The number of aromatic nitrogens is 1. The van der Waals surface area contributed by atoms with Crippen molar-refractivity contribution >= 4 is 16.8 Å². The molecule has 0 N–H and O–H groups in total. The number of non-ortho nitro benzene ring substituents is 1. The lowest BCUT2D eigenvalue weighted by atomic mass is 10.1. The molecule has 0 amide bonds. The number of fused-ring (bicyclic) bond motifs is 1. The number of aryl methyl sites for hydroxylation is 1. The minimum absolute atomic E-state index is 0.0545. The summed E-state index contributed by atoms with van der Waals surface area (Å²) in [5, 5.41) is 11.0. The zero-order valence-electron chi connectivity index (χ0n) is 11.6. The topological polar surface area (TPSA) is 69.2 Å². The van der Waals surface area contributed by atoms with Crippen LogP contribution in [0.15, 0.2) is 46.9 Å². The van der Waals surface area contributed by atoms with Crippen molar-refractivity contribution in [1.82, 2.24) is 4.98 Å². The SMILES string of the molecule is CCc1cc([N+](=O)[O-])cc2nc(Cc3ccccc3)oc12. The standard InChI is InChI=1S/C16H14N2O3/c1-2-12-9-13(18(19)20)10-14-16(12)21-15(17-14)8-11-6-4-3-5-7-11/h3-7,9-10H,2,8H2,1H3. The van der Waals surface area contributed by atoms with Gasteiger partial charge in [0.1, 0.15) is 5.52 Å². The smallest absolute Gasteiger partial charge is 0.272 e. The molecule has 3 rings (SSSR count). The first-order valence-electron chi connectivity index (χ1n) is 6.78. The van der Waals surface area contributed by atoms with Gasteiger partial charge in [-0.3, -0.25) is 10.1 Å². The molecule has 0 spiro atoms. The molecule has 1 aromatic heterocycles. The second-order valence-electron chi connectivity index (χ2n) is 4.83. The predicted octanol–water partition coefficient (Wildman–Crippen LogP) is 3.89. The fourth-order valence-corrected chi connectivity index (χ4v) is 2.35. The molecule has 2 aromatic carbocycles. The number of nitrogens with zero attached hydrogens (tertiary/aromatic N) is 2. The second-order valence-corrected chi connectivity index (χ2v) is 4.83. The minimum atomic E-state index is -0.399. The van der Waals surface area contributed by atoms with E-state index in [2.05, 4.69) is 4.98 Å². The van der Waals surface area contributed by atoms with Gasteiger partial charge < -0.3 is 4.42 Å². The van der Waals surface area contributed by atoms with Crippen LogP contribution in [0.4, 0.5) is 5.69 Å². The summed E-state index contributed by atoms with van der Waals surface area (Å²) in [6, 6.07) is 12.9. The summed E-state index contributed by atoms with van der Waals surface area (Å²) < 4.78 is 5.80. The third kappa shape index (κ3) is 2.63. The fourth-order valence-electron chi connectivity index (χ4n) is 2.35. The molecule has 0 saturated heterocycles. The summed E-state index contributed by atoms with van der Waals surface area (Å²) in [4.78, 5) is 14.9. The van der Waals surface area contributed by atoms with E-state index in [4.69, 9.17) is 4.42 Å². The highest BCUT2D eigenvalue weighted by Gasteiger charge is 2.16. The number of rotatable bonds is 4. The number of oxazole rings is 1. The average Bonchev–Trinajstić information content (AvgIpc) is 2.89. The van der Waals surface area contributed by atoms with Gasteiger partial charge >= 0.3 is 0 Å². The Morgan fingerprint density at radius 1 is 1.24 bits per heavy atom. The fraction of sp³-hybridized carbons (Fsp3) is 0.188. The van der Waals surface area contributed by atoms with Gasteiger partial charge in [-0.15, -0.1) is 0 Å². The van der Waals surface area contributed by atoms with Crippen molar-refractivity contribution in [2.45, 2.75) is 19.8 Å². The van der Waals surface area contributed by atoms with Gasteiger partial charge in [0.15, 0.2) is 11.5 Å². The number of hydrogen-bond acceptors (Lipinski definition) is 4. The van der Waals surface area contributed by atoms with Crippen molar-refractivity contribution in [1.29, 1.82) is 0 Å². The second kappa shape index (κ2) is 5.36. The third-order valence-electron chi connectivity index (χ3n) is 3.39. The van der Waals surface area contributed by atoms with Gasteiger partial charge in [0, 0.05) is 24.1 Å². The van der Waals surface area contributed by atoms with Crippen molar-refractivity contribution < 1.29 is 9.34 Å². The Kier molecular flexibility index (Phi) is 3.39. The van der Waals surface area contributed by atoms with Crippen molar-refractivity contribution in [2.24, 2.45) is 0 Å². The van der Waals surface area contributed by atoms with E-state index in [1.54, 1.807) is 6.07 Å². The normalized spacial score (nSPS) is 10.9. The minimum Gasteiger partial charge on any atom is -0.440 e. The van der Waals surface area contributed by atoms with E-state index >= 15 is 0 Å². The first kappa shape index (κ1) is 13.3. The van der Waals surface area contributed by atoms with Gasteiger partial charge in [-0.25, -0.2) is 4.98 Å². The lowest BCUT2D eigenvalue weighted by Gasteiger charge is -1.97. The number of benzene rings is 2. The highest BCUT2D eigenvalue weighted by atomic mass is 16.6. The number of hydrogen-bond donors (Lipinski definition) is 0. The molecule has 0 fully saturated rings. The zero-order valence-corrected chi connectivity index (χ0v) is 11.6. The maximum atomic E-state index is 11.0. The molecule has 0 bridgehead atoms. The Morgan fingerprint density at radius 3 is 2.67 bits per heavy atom. The van der Waals surface area contributed by atoms with Gasteiger partial charge in [-0.2, -0.15) is 0 Å². The Hall–Kier alpha value is -2.69. The predicted molar refractivity (Wildman–Crippen MR) is 79.3 cm³/mol. The highest BCUT2D eigenvalue weighted by Crippen LogP contribution is 2.27. The van der Waals surface area contributed by atoms with Crippen molar-refractivity contribution in [3.05, 3.63) is 69.6 Å². The molecule has 0 saturated carbocycles. The van der Waals surface area contributed by atoms with E-state index in [-0.39, 0.29) is 5.69 Å². The van der Waals surface area contributed by atoms with Crippen LogP contribution in [-0.2, 0) is 12.8 Å². The Balaban J connectivity index is 2.05. The lowest BCUT2D eigenvalue weighted by molar-refractivity contribution is -0.384.